The number of amides is 1. The number of nitrogens with zero attached hydrogens (tertiary/aromatic N) is 3. The molecule has 1 fully saturated rings. The van der Waals surface area contributed by atoms with Crippen LogP contribution in [0.3, 0.4) is 0 Å². The molecule has 0 radical (unpaired) electrons. The van der Waals surface area contributed by atoms with E-state index in [2.05, 4.69) is 10.1 Å². The van der Waals surface area contributed by atoms with Gasteiger partial charge in [0.05, 0.1) is 13.5 Å². The van der Waals surface area contributed by atoms with Crippen molar-refractivity contribution >= 4 is 23.0 Å². The maximum atomic E-state index is 11.8. The second kappa shape index (κ2) is 8.02. The zero-order chi connectivity index (χ0) is 17.6. The maximum Gasteiger partial charge on any atom is 0.308 e. The van der Waals surface area contributed by atoms with Crippen LogP contribution >= 0.6 is 11.8 Å². The van der Waals surface area contributed by atoms with E-state index in [1.54, 1.807) is 18.1 Å². The summed E-state index contributed by atoms with van der Waals surface area (Å²) in [5.74, 6) is 1.64. The summed E-state index contributed by atoms with van der Waals surface area (Å²) in [4.78, 5) is 29.0. The average Bonchev–Trinajstić information content (AvgIpc) is 3.27. The predicted octanol–water partition coefficient (Wildman–Crippen LogP) is 2.35. The predicted molar refractivity (Wildman–Crippen MR) is 90.1 cm³/mol. The summed E-state index contributed by atoms with van der Waals surface area (Å²) in [5.41, 5.74) is 0.741. The van der Waals surface area contributed by atoms with Crippen LogP contribution < -0.4 is 4.74 Å². The Morgan fingerprint density at radius 1 is 1.44 bits per heavy atom. The Hall–Kier alpha value is -2.55. The second-order valence-electron chi connectivity index (χ2n) is 5.26. The molecule has 1 aromatic carbocycles. The summed E-state index contributed by atoms with van der Waals surface area (Å²) in [6, 6.07) is 7.25. The zero-order valence-corrected chi connectivity index (χ0v) is 14.5. The summed E-state index contributed by atoms with van der Waals surface area (Å²) >= 11 is 1.26. The highest BCUT2D eigenvalue weighted by Gasteiger charge is 2.21. The van der Waals surface area contributed by atoms with Gasteiger partial charge in [0.25, 0.3) is 11.1 Å². The minimum Gasteiger partial charge on any atom is -0.497 e. The van der Waals surface area contributed by atoms with Crippen LogP contribution in [-0.2, 0) is 16.1 Å². The van der Waals surface area contributed by atoms with Gasteiger partial charge in [-0.25, -0.2) is 0 Å². The first-order valence-corrected chi connectivity index (χ1v) is 8.68. The number of methoxy groups -OCH3 is 1. The molecule has 2 aromatic rings. The average molecular weight is 363 g/mol. The molecule has 0 unspecified atom stereocenters. The molecule has 1 aliphatic rings. The van der Waals surface area contributed by atoms with Crippen molar-refractivity contribution in [3.63, 3.8) is 0 Å². The molecule has 8 nitrogen and oxygen atoms in total. The van der Waals surface area contributed by atoms with E-state index in [9.17, 15) is 9.59 Å². The first kappa shape index (κ1) is 17.3. The van der Waals surface area contributed by atoms with Crippen molar-refractivity contribution in [2.45, 2.75) is 13.0 Å². The Kier molecular flexibility index (Phi) is 5.54. The molecule has 0 N–H and O–H groups in total. The molecule has 3 rings (SSSR count). The lowest BCUT2D eigenvalue weighted by Gasteiger charge is -2.13. The van der Waals surface area contributed by atoms with Gasteiger partial charge in [-0.1, -0.05) is 29.1 Å². The number of esters is 1. The summed E-state index contributed by atoms with van der Waals surface area (Å²) in [6.45, 7) is 0.937. The van der Waals surface area contributed by atoms with Gasteiger partial charge in [0.1, 0.15) is 5.75 Å². The van der Waals surface area contributed by atoms with Crippen molar-refractivity contribution in [3.8, 4) is 17.1 Å². The molecule has 9 heteroatoms. The SMILES string of the molecule is COc1cccc(-c2noc(COC(=O)CCN3CCSC3=O)n2)c1. The second-order valence-corrected chi connectivity index (χ2v) is 6.30. The molecular formula is C16H17N3O5S. The van der Waals surface area contributed by atoms with Crippen LogP contribution in [0.1, 0.15) is 12.3 Å². The quantitative estimate of drug-likeness (QED) is 0.692. The number of thioether (sulfide) groups is 1. The van der Waals surface area contributed by atoms with Crippen LogP contribution in [0, 0.1) is 0 Å². The number of ether oxygens (including phenoxy) is 2. The highest BCUT2D eigenvalue weighted by atomic mass is 32.2. The normalized spacial score (nSPS) is 14.0. The molecule has 1 saturated heterocycles. The number of carbonyl (C=O) groups excluding carboxylic acids is 2. The van der Waals surface area contributed by atoms with E-state index in [1.165, 1.54) is 11.8 Å². The lowest BCUT2D eigenvalue weighted by atomic mass is 10.2. The van der Waals surface area contributed by atoms with Crippen LogP contribution in [0.2, 0.25) is 0 Å². The molecule has 1 aliphatic heterocycles. The standard InChI is InChI=1S/C16H17N3O5S/c1-22-12-4-2-3-11(9-12)15-17-13(24-18-15)10-23-14(20)5-6-19-7-8-25-16(19)21/h2-4,9H,5-8,10H2,1H3. The molecule has 25 heavy (non-hydrogen) atoms. The third-order valence-electron chi connectivity index (χ3n) is 3.58. The van der Waals surface area contributed by atoms with Crippen molar-refractivity contribution in [2.24, 2.45) is 0 Å². The zero-order valence-electron chi connectivity index (χ0n) is 13.6. The minimum absolute atomic E-state index is 0.00707. The van der Waals surface area contributed by atoms with E-state index in [0.29, 0.717) is 24.7 Å². The van der Waals surface area contributed by atoms with Crippen LogP contribution in [0.25, 0.3) is 11.4 Å². The van der Waals surface area contributed by atoms with Crippen LogP contribution in [0.4, 0.5) is 4.79 Å². The van der Waals surface area contributed by atoms with Crippen molar-refractivity contribution in [1.82, 2.24) is 15.0 Å². The fourth-order valence-electron chi connectivity index (χ4n) is 2.26. The van der Waals surface area contributed by atoms with Crippen molar-refractivity contribution in [2.75, 3.05) is 26.0 Å². The van der Waals surface area contributed by atoms with E-state index in [0.717, 1.165) is 11.3 Å². The van der Waals surface area contributed by atoms with Crippen LogP contribution in [-0.4, -0.2) is 52.2 Å². The first-order chi connectivity index (χ1) is 12.2. The lowest BCUT2D eigenvalue weighted by Crippen LogP contribution is -2.26. The van der Waals surface area contributed by atoms with Gasteiger partial charge in [-0.15, -0.1) is 0 Å². The molecule has 1 aromatic heterocycles. The third-order valence-corrected chi connectivity index (χ3v) is 4.48. The van der Waals surface area contributed by atoms with Crippen molar-refractivity contribution in [1.29, 1.82) is 0 Å². The van der Waals surface area contributed by atoms with Gasteiger partial charge in [-0.05, 0) is 12.1 Å². The molecular weight excluding hydrogens is 346 g/mol. The molecule has 0 atom stereocenters. The summed E-state index contributed by atoms with van der Waals surface area (Å²) in [5, 5.41) is 3.88. The van der Waals surface area contributed by atoms with E-state index in [4.69, 9.17) is 14.0 Å². The third kappa shape index (κ3) is 4.50. The number of carbonyl (C=O) groups is 2. The number of hydrogen-bond donors (Lipinski definition) is 0. The highest BCUT2D eigenvalue weighted by Crippen LogP contribution is 2.21. The van der Waals surface area contributed by atoms with Gasteiger partial charge in [-0.2, -0.15) is 4.98 Å². The lowest BCUT2D eigenvalue weighted by molar-refractivity contribution is -0.145. The minimum atomic E-state index is -0.411. The number of aromatic nitrogens is 2. The van der Waals surface area contributed by atoms with E-state index < -0.39 is 5.97 Å². The summed E-state index contributed by atoms with van der Waals surface area (Å²) in [6.07, 6.45) is 0.142. The number of rotatable bonds is 7. The topological polar surface area (TPSA) is 94.8 Å². The fourth-order valence-corrected chi connectivity index (χ4v) is 3.11. The van der Waals surface area contributed by atoms with E-state index >= 15 is 0 Å². The van der Waals surface area contributed by atoms with E-state index in [-0.39, 0.29) is 24.2 Å². The number of hydrogen-bond acceptors (Lipinski definition) is 8. The monoisotopic (exact) mass is 363 g/mol. The van der Waals surface area contributed by atoms with Gasteiger partial charge in [0.15, 0.2) is 6.61 Å². The highest BCUT2D eigenvalue weighted by molar-refractivity contribution is 8.13. The molecule has 0 saturated carbocycles. The van der Waals surface area contributed by atoms with Gasteiger partial charge in [0, 0.05) is 24.4 Å². The van der Waals surface area contributed by atoms with E-state index in [1.807, 2.05) is 18.2 Å². The summed E-state index contributed by atoms with van der Waals surface area (Å²) < 4.78 is 15.4. The van der Waals surface area contributed by atoms with Crippen molar-refractivity contribution < 1.29 is 23.6 Å². The Morgan fingerprint density at radius 2 is 2.32 bits per heavy atom. The molecule has 132 valence electrons. The maximum absolute atomic E-state index is 11.8. The Bertz CT molecular complexity index is 764. The molecule has 1 amide bonds. The van der Waals surface area contributed by atoms with Crippen molar-refractivity contribution in [3.05, 3.63) is 30.2 Å². The van der Waals surface area contributed by atoms with Crippen LogP contribution in [0.5, 0.6) is 5.75 Å². The summed E-state index contributed by atoms with van der Waals surface area (Å²) in [7, 11) is 1.58. The van der Waals surface area contributed by atoms with Gasteiger partial charge in [-0.3, -0.25) is 9.59 Å². The smallest absolute Gasteiger partial charge is 0.308 e. The molecule has 0 aliphatic carbocycles. The molecule has 2 heterocycles. The van der Waals surface area contributed by atoms with Crippen LogP contribution in [0.15, 0.2) is 28.8 Å². The van der Waals surface area contributed by atoms with Gasteiger partial charge < -0.3 is 18.9 Å². The number of benzene rings is 1. The van der Waals surface area contributed by atoms with Gasteiger partial charge >= 0.3 is 5.97 Å². The first-order valence-electron chi connectivity index (χ1n) is 7.70. The molecule has 0 bridgehead atoms. The van der Waals surface area contributed by atoms with Gasteiger partial charge in [0.2, 0.25) is 5.82 Å². The Labute approximate surface area is 148 Å². The Morgan fingerprint density at radius 3 is 3.08 bits per heavy atom. The fraction of sp³-hybridized carbons (Fsp3) is 0.375. The Balaban J connectivity index is 1.49. The molecule has 0 spiro atoms. The largest absolute Gasteiger partial charge is 0.497 e.